The number of allylic oxidation sites excluding steroid dienone is 17. The topological polar surface area (TPSA) is 38.4 Å². The summed E-state index contributed by atoms with van der Waals surface area (Å²) >= 11 is 1.98. The van der Waals surface area contributed by atoms with Crippen molar-refractivity contribution < 1.29 is 0 Å². The Balaban J connectivity index is 0.000000594. The number of thioether (sulfide) groups is 1. The Kier molecular flexibility index (Phi) is 16.0. The molecule has 2 unspecified atom stereocenters. The lowest BCUT2D eigenvalue weighted by Crippen LogP contribution is -2.28. The molecule has 360 valence electrons. The molecule has 0 fully saturated rings. The van der Waals surface area contributed by atoms with Crippen LogP contribution < -0.4 is 5.73 Å². The van der Waals surface area contributed by atoms with Crippen LogP contribution in [-0.2, 0) is 18.4 Å². The summed E-state index contributed by atoms with van der Waals surface area (Å²) in [5.41, 5.74) is 28.3. The zero-order valence-electron chi connectivity index (χ0n) is 42.8. The van der Waals surface area contributed by atoms with Gasteiger partial charge >= 0.3 is 0 Å². The highest BCUT2D eigenvalue weighted by molar-refractivity contribution is 8.00. The van der Waals surface area contributed by atoms with Gasteiger partial charge in [0.05, 0.1) is 16.4 Å². The van der Waals surface area contributed by atoms with E-state index in [1.165, 1.54) is 77.3 Å². The molecule has 2 nitrogen and oxygen atoms in total. The second kappa shape index (κ2) is 23.2. The van der Waals surface area contributed by atoms with Crippen LogP contribution >= 0.6 is 11.8 Å². The molecule has 0 radical (unpaired) electrons. The third-order valence-electron chi connectivity index (χ3n) is 14.3. The van der Waals surface area contributed by atoms with Crippen molar-refractivity contribution in [3.05, 3.63) is 291 Å². The summed E-state index contributed by atoms with van der Waals surface area (Å²) in [5.74, 6) is 2.97. The Morgan fingerprint density at radius 2 is 1.47 bits per heavy atom. The third kappa shape index (κ3) is 10.1. The minimum atomic E-state index is -0.523. The zero-order chi connectivity index (χ0) is 50.7. The lowest BCUT2D eigenvalue weighted by atomic mass is 9.68. The molecule has 0 saturated carbocycles. The molecule has 1 heterocycles. The Morgan fingerprint density at radius 3 is 2.14 bits per heavy atom. The van der Waals surface area contributed by atoms with E-state index in [9.17, 15) is 0 Å². The standard InChI is InChI=1S/C61H49NS.C7H9N.C2H6/c1-5-18-53-41(3)60-54(36-33-49-40-59(60)63-58-26-17-16-25-50(49)58)61(53)55-37-42(27-31-44(6-2)45-19-10-7-11-20-45)29-34-51(55)52-35-30-43(38-56(52)61)28-32-48(46-21-12-8-13-22-46)39-57(62-4)47-23-14-9-15-24-47;8-6-7-4-2-1-3-5-7;1-2/h2,5,7-14,16-23,25-26,28-40,59H,15,24,27H2,1,3-4H3;1-5H,6,8H2;1-2H3/b18-5-,32-28+,44-31+,48-39+,62-57?;;. The van der Waals surface area contributed by atoms with Crippen LogP contribution in [0.25, 0.3) is 33.9 Å². The van der Waals surface area contributed by atoms with Crippen LogP contribution in [0.1, 0.15) is 85.0 Å². The van der Waals surface area contributed by atoms with E-state index in [-0.39, 0.29) is 5.25 Å². The molecule has 6 aromatic rings. The molecule has 0 saturated heterocycles. The first-order chi connectivity index (χ1) is 35.9. The first kappa shape index (κ1) is 50.2. The molecule has 11 rings (SSSR count). The second-order valence-corrected chi connectivity index (χ2v) is 19.6. The lowest BCUT2D eigenvalue weighted by molar-refractivity contribution is 0.775. The number of terminal acetylenes is 1. The minimum absolute atomic E-state index is 0.188. The van der Waals surface area contributed by atoms with Gasteiger partial charge in [-0.25, -0.2) is 0 Å². The van der Waals surface area contributed by atoms with Crippen LogP contribution in [-0.4, -0.2) is 18.0 Å². The molecular weight excluding hydrogens is 901 g/mol. The summed E-state index contributed by atoms with van der Waals surface area (Å²) < 4.78 is 0. The highest BCUT2D eigenvalue weighted by Crippen LogP contribution is 2.64. The van der Waals surface area contributed by atoms with E-state index in [1.54, 1.807) is 0 Å². The minimum Gasteiger partial charge on any atom is -0.326 e. The summed E-state index contributed by atoms with van der Waals surface area (Å²) in [7, 11) is 1.90. The molecule has 2 N–H and O–H groups in total. The Morgan fingerprint density at radius 1 is 0.781 bits per heavy atom. The molecule has 1 aliphatic heterocycles. The van der Waals surface area contributed by atoms with Gasteiger partial charge in [0, 0.05) is 24.1 Å². The predicted molar refractivity (Wildman–Crippen MR) is 316 cm³/mol. The quantitative estimate of drug-likeness (QED) is 0.0844. The van der Waals surface area contributed by atoms with E-state index in [0.717, 1.165) is 52.8 Å². The summed E-state index contributed by atoms with van der Waals surface area (Å²) in [4.78, 5) is 6.12. The SMILES string of the molecule is C#C/C(=C\Cc1ccc2c(c1)C1(C3=C(C(C)=C1/C=C\C)C1C=C(C=C3)c3ccccc3S1)c1cc(/C=C/C(=C\C(=NC)C3=CC=CCC3)c3ccccc3)ccc1-2)c1ccccc1.CC.NCc1ccccc1. The van der Waals surface area contributed by atoms with Crippen molar-refractivity contribution in [2.45, 2.75) is 69.1 Å². The molecule has 1 spiro atoms. The van der Waals surface area contributed by atoms with E-state index in [4.69, 9.17) is 17.1 Å². The van der Waals surface area contributed by atoms with Gasteiger partial charge in [-0.1, -0.05) is 226 Å². The van der Waals surface area contributed by atoms with Crippen molar-refractivity contribution in [3.8, 4) is 23.5 Å². The molecular formula is C70H64N2S. The van der Waals surface area contributed by atoms with Crippen molar-refractivity contribution in [2.24, 2.45) is 10.7 Å². The van der Waals surface area contributed by atoms with Gasteiger partial charge in [0.1, 0.15) is 0 Å². The first-order valence-corrected chi connectivity index (χ1v) is 26.6. The fraction of sp³-hybridized carbons (Fsp3) is 0.157. The van der Waals surface area contributed by atoms with Gasteiger partial charge in [-0.2, -0.15) is 0 Å². The molecule has 5 aliphatic rings. The molecule has 0 aromatic heterocycles. The monoisotopic (exact) mass is 964 g/mol. The number of hydrogen-bond donors (Lipinski definition) is 1. The predicted octanol–water partition coefficient (Wildman–Crippen LogP) is 17.2. The van der Waals surface area contributed by atoms with Crippen LogP contribution in [0.3, 0.4) is 0 Å². The number of benzene rings is 6. The average molecular weight is 965 g/mol. The number of fused-ring (bicyclic) bond motifs is 10. The third-order valence-corrected chi connectivity index (χ3v) is 15.5. The second-order valence-electron chi connectivity index (χ2n) is 18.4. The fourth-order valence-corrected chi connectivity index (χ4v) is 12.3. The van der Waals surface area contributed by atoms with Crippen molar-refractivity contribution in [2.75, 3.05) is 7.05 Å². The summed E-state index contributed by atoms with van der Waals surface area (Å²) in [6, 6.07) is 54.2. The van der Waals surface area contributed by atoms with Crippen LogP contribution in [0.15, 0.2) is 256 Å². The van der Waals surface area contributed by atoms with E-state index in [2.05, 4.69) is 196 Å². The van der Waals surface area contributed by atoms with Gasteiger partial charge in [-0.3, -0.25) is 4.99 Å². The van der Waals surface area contributed by atoms with Gasteiger partial charge in [-0.15, -0.1) is 18.2 Å². The Hall–Kier alpha value is -7.74. The largest absolute Gasteiger partial charge is 0.326 e. The Labute approximate surface area is 439 Å². The zero-order valence-corrected chi connectivity index (χ0v) is 43.6. The van der Waals surface area contributed by atoms with Gasteiger partial charge in [0.15, 0.2) is 0 Å². The Bertz CT molecular complexity index is 3410. The highest BCUT2D eigenvalue weighted by Gasteiger charge is 2.53. The van der Waals surface area contributed by atoms with Crippen molar-refractivity contribution >= 4 is 40.3 Å². The molecule has 6 aromatic carbocycles. The molecule has 4 aliphatic carbocycles. The number of nitrogens with two attached hydrogens (primary N) is 1. The van der Waals surface area contributed by atoms with Crippen LogP contribution in [0, 0.1) is 12.3 Å². The fourth-order valence-electron chi connectivity index (χ4n) is 10.9. The molecule has 3 heteroatoms. The van der Waals surface area contributed by atoms with Gasteiger partial charge < -0.3 is 5.73 Å². The van der Waals surface area contributed by atoms with Crippen molar-refractivity contribution in [3.63, 3.8) is 0 Å². The summed E-state index contributed by atoms with van der Waals surface area (Å²) in [6.07, 6.45) is 36.5. The summed E-state index contributed by atoms with van der Waals surface area (Å²) in [6.45, 7) is 9.16. The van der Waals surface area contributed by atoms with Crippen LogP contribution in [0.5, 0.6) is 0 Å². The van der Waals surface area contributed by atoms with E-state index >= 15 is 0 Å². The smallest absolute Gasteiger partial charge is 0.0719 e. The first-order valence-electron chi connectivity index (χ1n) is 25.7. The van der Waals surface area contributed by atoms with Crippen molar-refractivity contribution in [1.29, 1.82) is 0 Å². The summed E-state index contributed by atoms with van der Waals surface area (Å²) in [5, 5.41) is 0.188. The number of nitrogens with zero attached hydrogens (tertiary/aromatic N) is 1. The molecule has 2 atom stereocenters. The van der Waals surface area contributed by atoms with Gasteiger partial charge in [0.25, 0.3) is 0 Å². The van der Waals surface area contributed by atoms with E-state index in [1.807, 2.05) is 81.2 Å². The van der Waals surface area contributed by atoms with Crippen molar-refractivity contribution in [1.82, 2.24) is 0 Å². The van der Waals surface area contributed by atoms with Crippen LogP contribution in [0.4, 0.5) is 0 Å². The van der Waals surface area contributed by atoms with Gasteiger partial charge in [-0.05, 0) is 146 Å². The maximum absolute atomic E-state index is 6.12. The van der Waals surface area contributed by atoms with E-state index in [0.29, 0.717) is 6.54 Å². The normalized spacial score (nSPS) is 18.5. The molecule has 0 amide bonds. The molecule has 73 heavy (non-hydrogen) atoms. The van der Waals surface area contributed by atoms with E-state index < -0.39 is 5.41 Å². The molecule has 2 bridgehead atoms. The maximum atomic E-state index is 6.12. The van der Waals surface area contributed by atoms with Crippen LogP contribution in [0.2, 0.25) is 0 Å². The number of hydrogen-bond acceptors (Lipinski definition) is 3. The average Bonchev–Trinajstić information content (AvgIpc) is 3.80. The number of aliphatic imine (C=N–C) groups is 1. The number of rotatable bonds is 10. The highest BCUT2D eigenvalue weighted by atomic mass is 32.2. The lowest BCUT2D eigenvalue weighted by Gasteiger charge is -2.33. The van der Waals surface area contributed by atoms with Gasteiger partial charge in [0.2, 0.25) is 0 Å². The maximum Gasteiger partial charge on any atom is 0.0719 e.